The molecule has 0 aliphatic carbocycles. The molecule has 1 aliphatic rings. The molecular weight excluding hydrogens is 262 g/mol. The van der Waals surface area contributed by atoms with Crippen molar-refractivity contribution in [2.45, 2.75) is 20.8 Å². The summed E-state index contributed by atoms with van der Waals surface area (Å²) in [5.41, 5.74) is 1.08. The second kappa shape index (κ2) is 9.18. The van der Waals surface area contributed by atoms with E-state index in [1.54, 1.807) is 0 Å². The molecule has 1 aromatic rings. The van der Waals surface area contributed by atoms with Gasteiger partial charge >= 0.3 is 0 Å². The van der Waals surface area contributed by atoms with Gasteiger partial charge in [0.25, 0.3) is 0 Å². The van der Waals surface area contributed by atoms with E-state index in [0.717, 1.165) is 49.2 Å². The molecule has 1 heterocycles. The van der Waals surface area contributed by atoms with E-state index in [0.29, 0.717) is 6.61 Å². The van der Waals surface area contributed by atoms with Crippen LogP contribution in [0.1, 0.15) is 19.4 Å². The lowest BCUT2D eigenvalue weighted by Gasteiger charge is -2.26. The Kier molecular flexibility index (Phi) is 7.87. The highest BCUT2D eigenvalue weighted by atomic mass is 35.5. The average molecular weight is 286 g/mol. The van der Waals surface area contributed by atoms with Crippen LogP contribution in [0.3, 0.4) is 0 Å². The van der Waals surface area contributed by atoms with Crippen molar-refractivity contribution in [2.24, 2.45) is 0 Å². The smallest absolute Gasteiger partial charge is 0.120 e. The molecule has 19 heavy (non-hydrogen) atoms. The molecule has 2 rings (SSSR count). The summed E-state index contributed by atoms with van der Waals surface area (Å²) in [6.45, 7) is 11.3. The Morgan fingerprint density at radius 3 is 2.58 bits per heavy atom. The third-order valence-electron chi connectivity index (χ3n) is 2.92. The summed E-state index contributed by atoms with van der Waals surface area (Å²) in [7, 11) is 0. The molecule has 1 aromatic carbocycles. The summed E-state index contributed by atoms with van der Waals surface area (Å²) in [6.07, 6.45) is 0. The monoisotopic (exact) mass is 285 g/mol. The van der Waals surface area contributed by atoms with Gasteiger partial charge in [0, 0.05) is 24.7 Å². The lowest BCUT2D eigenvalue weighted by molar-refractivity contribution is 0.0322. The highest BCUT2D eigenvalue weighted by Crippen LogP contribution is 2.21. The van der Waals surface area contributed by atoms with Crippen LogP contribution in [-0.4, -0.2) is 44.4 Å². The Bertz CT molecular complexity index is 365. The molecule has 4 heteroatoms. The third kappa shape index (κ3) is 5.81. The topological polar surface area (TPSA) is 21.7 Å². The molecule has 0 aromatic heterocycles. The number of rotatable bonds is 4. The fraction of sp³-hybridized carbons (Fsp3) is 0.600. The van der Waals surface area contributed by atoms with Crippen molar-refractivity contribution in [1.82, 2.24) is 4.90 Å². The van der Waals surface area contributed by atoms with Crippen molar-refractivity contribution in [1.29, 1.82) is 0 Å². The minimum atomic E-state index is 0.694. The molecule has 0 unspecified atom stereocenters. The molecule has 1 saturated heterocycles. The maximum Gasteiger partial charge on any atom is 0.120 e. The first kappa shape index (κ1) is 16.3. The summed E-state index contributed by atoms with van der Waals surface area (Å²) >= 11 is 6.03. The van der Waals surface area contributed by atoms with E-state index in [9.17, 15) is 0 Å². The van der Waals surface area contributed by atoms with Gasteiger partial charge < -0.3 is 9.47 Å². The van der Waals surface area contributed by atoms with E-state index in [-0.39, 0.29) is 0 Å². The summed E-state index contributed by atoms with van der Waals surface area (Å²) in [6, 6.07) is 5.81. The summed E-state index contributed by atoms with van der Waals surface area (Å²) in [4.78, 5) is 2.35. The van der Waals surface area contributed by atoms with E-state index < -0.39 is 0 Å². The Labute approximate surface area is 121 Å². The van der Waals surface area contributed by atoms with E-state index in [4.69, 9.17) is 21.1 Å². The first-order valence-corrected chi connectivity index (χ1v) is 7.32. The molecule has 3 nitrogen and oxygen atoms in total. The van der Waals surface area contributed by atoms with Gasteiger partial charge in [-0.15, -0.1) is 0 Å². The molecule has 0 spiro atoms. The molecule has 0 amide bonds. The van der Waals surface area contributed by atoms with Crippen molar-refractivity contribution < 1.29 is 9.47 Å². The number of hydrogen-bond acceptors (Lipinski definition) is 3. The fourth-order valence-electron chi connectivity index (χ4n) is 1.78. The lowest BCUT2D eigenvalue weighted by atomic mass is 10.2. The summed E-state index contributed by atoms with van der Waals surface area (Å²) < 4.78 is 11.0. The number of halogens is 1. The van der Waals surface area contributed by atoms with Gasteiger partial charge in [-0.3, -0.25) is 4.90 Å². The SMILES string of the molecule is CC.Cc1ccc(OCCN2CCOCC2)cc1Cl. The predicted octanol–water partition coefficient (Wildman–Crippen LogP) is 3.39. The molecule has 1 fully saturated rings. The summed E-state index contributed by atoms with van der Waals surface area (Å²) in [5, 5.41) is 0.758. The van der Waals surface area contributed by atoms with Gasteiger partial charge in [0.2, 0.25) is 0 Å². The number of ether oxygens (including phenoxy) is 2. The average Bonchev–Trinajstić information content (AvgIpc) is 2.46. The van der Waals surface area contributed by atoms with Gasteiger partial charge in [0.05, 0.1) is 13.2 Å². The second-order valence-electron chi connectivity index (χ2n) is 4.21. The van der Waals surface area contributed by atoms with Crippen LogP contribution in [-0.2, 0) is 4.74 Å². The van der Waals surface area contributed by atoms with Gasteiger partial charge in [-0.05, 0) is 24.6 Å². The third-order valence-corrected chi connectivity index (χ3v) is 3.33. The van der Waals surface area contributed by atoms with Crippen LogP contribution in [0, 0.1) is 6.92 Å². The van der Waals surface area contributed by atoms with Crippen LogP contribution in [0.4, 0.5) is 0 Å². The van der Waals surface area contributed by atoms with Gasteiger partial charge in [0.1, 0.15) is 12.4 Å². The van der Waals surface area contributed by atoms with Gasteiger partial charge in [-0.1, -0.05) is 31.5 Å². The molecule has 1 aliphatic heterocycles. The molecule has 0 N–H and O–H groups in total. The van der Waals surface area contributed by atoms with Crippen molar-refractivity contribution in [3.05, 3.63) is 28.8 Å². The quantitative estimate of drug-likeness (QED) is 0.846. The van der Waals surface area contributed by atoms with Crippen LogP contribution in [0.25, 0.3) is 0 Å². The van der Waals surface area contributed by atoms with Crippen LogP contribution in [0.5, 0.6) is 5.75 Å². The zero-order valence-electron chi connectivity index (χ0n) is 12.1. The van der Waals surface area contributed by atoms with Crippen LogP contribution in [0.2, 0.25) is 5.02 Å². The first-order chi connectivity index (χ1) is 9.25. The van der Waals surface area contributed by atoms with Crippen molar-refractivity contribution in [3.8, 4) is 5.75 Å². The van der Waals surface area contributed by atoms with E-state index in [1.165, 1.54) is 0 Å². The fourth-order valence-corrected chi connectivity index (χ4v) is 1.95. The minimum absolute atomic E-state index is 0.694. The number of aryl methyl sites for hydroxylation is 1. The van der Waals surface area contributed by atoms with Crippen LogP contribution >= 0.6 is 11.6 Å². The molecule has 0 bridgehead atoms. The standard InChI is InChI=1S/C13H18ClNO2.C2H6/c1-11-2-3-12(10-13(11)14)17-9-6-15-4-7-16-8-5-15;1-2/h2-3,10H,4-9H2,1H3;1-2H3. The van der Waals surface area contributed by atoms with Crippen molar-refractivity contribution in [2.75, 3.05) is 39.5 Å². The van der Waals surface area contributed by atoms with Crippen LogP contribution < -0.4 is 4.74 Å². The number of nitrogens with zero attached hydrogens (tertiary/aromatic N) is 1. The summed E-state index contributed by atoms with van der Waals surface area (Å²) in [5.74, 6) is 0.842. The maximum atomic E-state index is 6.03. The molecule has 0 atom stereocenters. The molecular formula is C15H24ClNO2. The lowest BCUT2D eigenvalue weighted by Crippen LogP contribution is -2.38. The Hall–Kier alpha value is -0.770. The highest BCUT2D eigenvalue weighted by Gasteiger charge is 2.09. The van der Waals surface area contributed by atoms with Crippen molar-refractivity contribution >= 4 is 11.6 Å². The number of benzene rings is 1. The molecule has 0 saturated carbocycles. The van der Waals surface area contributed by atoms with E-state index in [1.807, 2.05) is 39.0 Å². The highest BCUT2D eigenvalue weighted by molar-refractivity contribution is 6.31. The van der Waals surface area contributed by atoms with Crippen molar-refractivity contribution in [3.63, 3.8) is 0 Å². The van der Waals surface area contributed by atoms with Gasteiger partial charge in [-0.2, -0.15) is 0 Å². The zero-order chi connectivity index (χ0) is 14.1. The molecule has 0 radical (unpaired) electrons. The second-order valence-corrected chi connectivity index (χ2v) is 4.62. The normalized spacial score (nSPS) is 15.6. The van der Waals surface area contributed by atoms with Crippen LogP contribution in [0.15, 0.2) is 18.2 Å². The Morgan fingerprint density at radius 2 is 1.95 bits per heavy atom. The Balaban J connectivity index is 0.000000861. The van der Waals surface area contributed by atoms with E-state index >= 15 is 0 Å². The van der Waals surface area contributed by atoms with E-state index in [2.05, 4.69) is 4.90 Å². The minimum Gasteiger partial charge on any atom is -0.492 e. The zero-order valence-corrected chi connectivity index (χ0v) is 12.9. The predicted molar refractivity (Wildman–Crippen MR) is 80.3 cm³/mol. The Morgan fingerprint density at radius 1 is 1.26 bits per heavy atom. The number of morpholine rings is 1. The first-order valence-electron chi connectivity index (χ1n) is 6.95. The van der Waals surface area contributed by atoms with Gasteiger partial charge in [0.15, 0.2) is 0 Å². The van der Waals surface area contributed by atoms with Gasteiger partial charge in [-0.25, -0.2) is 0 Å². The maximum absolute atomic E-state index is 6.03. The number of hydrogen-bond donors (Lipinski definition) is 0. The largest absolute Gasteiger partial charge is 0.492 e. The molecule has 108 valence electrons.